The van der Waals surface area contributed by atoms with Crippen LogP contribution in [0.1, 0.15) is 33.0 Å². The Morgan fingerprint density at radius 2 is 1.90 bits per heavy atom. The third-order valence-electron chi connectivity index (χ3n) is 4.57. The Morgan fingerprint density at radius 3 is 2.50 bits per heavy atom. The zero-order valence-corrected chi connectivity index (χ0v) is 18.2. The van der Waals surface area contributed by atoms with Gasteiger partial charge in [0.05, 0.1) is 11.5 Å². The maximum atomic E-state index is 13.6. The van der Waals surface area contributed by atoms with Crippen molar-refractivity contribution in [3.05, 3.63) is 81.8 Å². The highest BCUT2D eigenvalue weighted by Gasteiger charge is 2.31. The standard InChI is InChI=1S/C22H22FNO4S2/c1-3-28-17-8-6-16(7-9-17)22(25)24-14-21(20-5-4-12-29-20)30(26,27)18-10-11-19(23)15(2)13-18/h4-13,21H,3,14H2,1-2H3,(H,24,25). The fourth-order valence-corrected chi connectivity index (χ4v) is 5.82. The normalized spacial score (nSPS) is 12.4. The first kappa shape index (κ1) is 22.0. The molecule has 3 aromatic rings. The topological polar surface area (TPSA) is 72.5 Å². The Morgan fingerprint density at radius 1 is 1.17 bits per heavy atom. The molecule has 0 aliphatic carbocycles. The summed E-state index contributed by atoms with van der Waals surface area (Å²) in [4.78, 5) is 13.2. The molecule has 5 nitrogen and oxygen atoms in total. The third-order valence-corrected chi connectivity index (χ3v) is 7.78. The average Bonchev–Trinajstić information content (AvgIpc) is 3.25. The second-order valence-corrected chi connectivity index (χ2v) is 9.74. The zero-order valence-electron chi connectivity index (χ0n) is 16.6. The van der Waals surface area contributed by atoms with Crippen LogP contribution in [0.4, 0.5) is 4.39 Å². The van der Waals surface area contributed by atoms with Crippen LogP contribution in [-0.4, -0.2) is 27.5 Å². The minimum absolute atomic E-state index is 0.0233. The smallest absolute Gasteiger partial charge is 0.251 e. The van der Waals surface area contributed by atoms with E-state index in [1.54, 1.807) is 41.8 Å². The minimum Gasteiger partial charge on any atom is -0.494 e. The lowest BCUT2D eigenvalue weighted by molar-refractivity contribution is 0.0953. The summed E-state index contributed by atoms with van der Waals surface area (Å²) in [5, 5.41) is 3.52. The van der Waals surface area contributed by atoms with Crippen molar-refractivity contribution in [2.24, 2.45) is 0 Å². The van der Waals surface area contributed by atoms with Gasteiger partial charge in [-0.2, -0.15) is 0 Å². The molecule has 1 N–H and O–H groups in total. The van der Waals surface area contributed by atoms with Crippen LogP contribution in [0.2, 0.25) is 0 Å². The number of hydrogen-bond donors (Lipinski definition) is 1. The summed E-state index contributed by atoms with van der Waals surface area (Å²) in [5.74, 6) is -0.199. The van der Waals surface area contributed by atoms with Gasteiger partial charge in [0.15, 0.2) is 9.84 Å². The van der Waals surface area contributed by atoms with Gasteiger partial charge in [0, 0.05) is 17.0 Å². The molecule has 0 aliphatic heterocycles. The summed E-state index contributed by atoms with van der Waals surface area (Å²) >= 11 is 1.29. The monoisotopic (exact) mass is 447 g/mol. The number of sulfone groups is 1. The molecule has 0 fully saturated rings. The Hall–Kier alpha value is -2.71. The molecule has 1 heterocycles. The summed E-state index contributed by atoms with van der Waals surface area (Å²) in [6.45, 7) is 3.80. The fraction of sp³-hybridized carbons (Fsp3) is 0.227. The van der Waals surface area contributed by atoms with Crippen molar-refractivity contribution in [2.45, 2.75) is 24.0 Å². The number of rotatable bonds is 8. The van der Waals surface area contributed by atoms with Gasteiger partial charge in [-0.1, -0.05) is 6.07 Å². The molecule has 0 saturated heterocycles. The van der Waals surface area contributed by atoms with E-state index in [0.29, 0.717) is 22.8 Å². The number of aryl methyl sites for hydroxylation is 1. The molecule has 8 heteroatoms. The van der Waals surface area contributed by atoms with Gasteiger partial charge in [0.2, 0.25) is 0 Å². The quantitative estimate of drug-likeness (QED) is 0.515. The van der Waals surface area contributed by atoms with Crippen LogP contribution >= 0.6 is 11.3 Å². The second kappa shape index (κ2) is 9.40. The van der Waals surface area contributed by atoms with Crippen LogP contribution in [0.25, 0.3) is 0 Å². The molecule has 0 saturated carbocycles. The first-order chi connectivity index (χ1) is 14.3. The number of hydrogen-bond acceptors (Lipinski definition) is 5. The minimum atomic E-state index is -3.85. The molecule has 0 bridgehead atoms. The third kappa shape index (κ3) is 4.88. The lowest BCUT2D eigenvalue weighted by Gasteiger charge is -2.18. The summed E-state index contributed by atoms with van der Waals surface area (Å²) in [5.41, 5.74) is 0.651. The highest BCUT2D eigenvalue weighted by molar-refractivity contribution is 7.91. The molecule has 3 rings (SSSR count). The molecule has 2 aromatic carbocycles. The number of thiophene rings is 1. The van der Waals surface area contributed by atoms with E-state index < -0.39 is 20.9 Å². The van der Waals surface area contributed by atoms with Crippen molar-refractivity contribution in [3.8, 4) is 5.75 Å². The van der Waals surface area contributed by atoms with E-state index in [1.807, 2.05) is 6.92 Å². The van der Waals surface area contributed by atoms with E-state index in [9.17, 15) is 17.6 Å². The molecule has 0 aliphatic rings. The number of halogens is 1. The van der Waals surface area contributed by atoms with E-state index in [4.69, 9.17) is 4.74 Å². The molecule has 0 radical (unpaired) electrons. The molecule has 158 valence electrons. The molecule has 0 spiro atoms. The Labute approximate surface area is 179 Å². The van der Waals surface area contributed by atoms with E-state index in [-0.39, 0.29) is 22.9 Å². The Kier molecular flexibility index (Phi) is 6.89. The highest BCUT2D eigenvalue weighted by atomic mass is 32.2. The van der Waals surface area contributed by atoms with Crippen molar-refractivity contribution >= 4 is 27.1 Å². The molecule has 1 atom stereocenters. The summed E-state index contributed by atoms with van der Waals surface area (Å²) in [6.07, 6.45) is 0. The van der Waals surface area contributed by atoms with Gasteiger partial charge in [-0.3, -0.25) is 4.79 Å². The van der Waals surface area contributed by atoms with Gasteiger partial charge in [-0.15, -0.1) is 11.3 Å². The molecular weight excluding hydrogens is 425 g/mol. The Bertz CT molecular complexity index is 1110. The maximum absolute atomic E-state index is 13.6. The van der Waals surface area contributed by atoms with Crippen molar-refractivity contribution in [1.29, 1.82) is 0 Å². The summed E-state index contributed by atoms with van der Waals surface area (Å²) < 4.78 is 45.5. The van der Waals surface area contributed by atoms with Gasteiger partial charge < -0.3 is 10.1 Å². The summed E-state index contributed by atoms with van der Waals surface area (Å²) in [7, 11) is -3.85. The van der Waals surface area contributed by atoms with Gasteiger partial charge in [0.25, 0.3) is 5.91 Å². The van der Waals surface area contributed by atoms with Crippen molar-refractivity contribution in [2.75, 3.05) is 13.2 Å². The lowest BCUT2D eigenvalue weighted by atomic mass is 10.2. The number of ether oxygens (including phenoxy) is 1. The van der Waals surface area contributed by atoms with E-state index >= 15 is 0 Å². The van der Waals surface area contributed by atoms with Gasteiger partial charge in [0.1, 0.15) is 16.8 Å². The van der Waals surface area contributed by atoms with Gasteiger partial charge in [-0.25, -0.2) is 12.8 Å². The Balaban J connectivity index is 1.82. The van der Waals surface area contributed by atoms with Crippen LogP contribution < -0.4 is 10.1 Å². The van der Waals surface area contributed by atoms with Crippen molar-refractivity contribution in [3.63, 3.8) is 0 Å². The number of benzene rings is 2. The van der Waals surface area contributed by atoms with Gasteiger partial charge >= 0.3 is 0 Å². The van der Waals surface area contributed by atoms with Crippen LogP contribution in [0.15, 0.2) is 64.9 Å². The average molecular weight is 448 g/mol. The van der Waals surface area contributed by atoms with Crippen molar-refractivity contribution < 1.29 is 22.3 Å². The van der Waals surface area contributed by atoms with E-state index in [0.717, 1.165) is 6.07 Å². The fourth-order valence-electron chi connectivity index (χ4n) is 2.95. The van der Waals surface area contributed by atoms with Crippen molar-refractivity contribution in [1.82, 2.24) is 5.32 Å². The molecular formula is C22H22FNO4S2. The highest BCUT2D eigenvalue weighted by Crippen LogP contribution is 2.32. The molecule has 1 unspecified atom stereocenters. The van der Waals surface area contributed by atoms with Crippen LogP contribution in [0.5, 0.6) is 5.75 Å². The van der Waals surface area contributed by atoms with E-state index in [1.165, 1.54) is 30.4 Å². The van der Waals surface area contributed by atoms with Crippen LogP contribution in [0, 0.1) is 12.7 Å². The molecule has 1 aromatic heterocycles. The van der Waals surface area contributed by atoms with E-state index in [2.05, 4.69) is 5.32 Å². The largest absolute Gasteiger partial charge is 0.494 e. The zero-order chi connectivity index (χ0) is 21.7. The second-order valence-electron chi connectivity index (χ2n) is 6.63. The lowest BCUT2D eigenvalue weighted by Crippen LogP contribution is -2.31. The first-order valence-corrected chi connectivity index (χ1v) is 11.8. The predicted molar refractivity (Wildman–Crippen MR) is 115 cm³/mol. The van der Waals surface area contributed by atoms with Gasteiger partial charge in [-0.05, 0) is 73.3 Å². The number of carbonyl (C=O) groups excluding carboxylic acids is 1. The molecule has 1 amide bonds. The summed E-state index contributed by atoms with van der Waals surface area (Å²) in [6, 6.07) is 13.8. The first-order valence-electron chi connectivity index (χ1n) is 9.37. The predicted octanol–water partition coefficient (Wildman–Crippen LogP) is 4.54. The number of nitrogens with one attached hydrogen (secondary N) is 1. The number of carbonyl (C=O) groups is 1. The maximum Gasteiger partial charge on any atom is 0.251 e. The SMILES string of the molecule is CCOc1ccc(C(=O)NCC(c2cccs2)S(=O)(=O)c2ccc(F)c(C)c2)cc1. The molecule has 30 heavy (non-hydrogen) atoms. The number of amides is 1. The van der Waals surface area contributed by atoms with Crippen LogP contribution in [0.3, 0.4) is 0 Å². The van der Waals surface area contributed by atoms with Crippen LogP contribution in [-0.2, 0) is 9.84 Å².